The second-order valence-electron chi connectivity index (χ2n) is 9.02. The molecule has 3 saturated heterocycles. The summed E-state index contributed by atoms with van der Waals surface area (Å²) in [6.07, 6.45) is 2.07. The van der Waals surface area contributed by atoms with Crippen molar-refractivity contribution in [3.63, 3.8) is 0 Å². The normalized spacial score (nSPS) is 26.8. The van der Waals surface area contributed by atoms with Gasteiger partial charge in [-0.25, -0.2) is 9.18 Å². The summed E-state index contributed by atoms with van der Waals surface area (Å²) in [4.78, 5) is 30.0. The molecular weight excluding hydrogens is 387 g/mol. The molecule has 0 saturated carbocycles. The van der Waals surface area contributed by atoms with Gasteiger partial charge in [0.05, 0.1) is 5.41 Å². The number of anilines is 1. The number of benzene rings is 1. The van der Waals surface area contributed by atoms with Crippen LogP contribution in [-0.4, -0.2) is 78.3 Å². The monoisotopic (exact) mass is 418 g/mol. The van der Waals surface area contributed by atoms with Crippen molar-refractivity contribution >= 4 is 17.7 Å². The number of piperidine rings is 1. The molecule has 1 aromatic carbocycles. The predicted octanol–water partition coefficient (Wildman–Crippen LogP) is 2.38. The molecule has 1 spiro atoms. The lowest BCUT2D eigenvalue weighted by Crippen LogP contribution is -2.52. The van der Waals surface area contributed by atoms with Gasteiger partial charge in [0.15, 0.2) is 0 Å². The number of carboxylic acid groups (broad SMARTS) is 1. The number of likely N-dealkylation sites (tertiary alicyclic amines) is 1. The number of halogens is 1. The Morgan fingerprint density at radius 1 is 1.20 bits per heavy atom. The first kappa shape index (κ1) is 20.9. The minimum atomic E-state index is -0.895. The molecule has 8 heteroatoms. The number of hydrogen-bond donors (Lipinski definition) is 2. The van der Waals surface area contributed by atoms with Crippen LogP contribution in [0.15, 0.2) is 24.3 Å². The van der Waals surface area contributed by atoms with Crippen LogP contribution in [-0.2, 0) is 4.79 Å². The van der Waals surface area contributed by atoms with Crippen molar-refractivity contribution in [2.45, 2.75) is 44.7 Å². The van der Waals surface area contributed by atoms with Crippen molar-refractivity contribution in [3.8, 4) is 0 Å². The summed E-state index contributed by atoms with van der Waals surface area (Å²) in [6.45, 7) is 6.78. The zero-order valence-corrected chi connectivity index (χ0v) is 17.5. The molecular formula is C22H31FN4O3. The highest BCUT2D eigenvalue weighted by atomic mass is 19.1. The van der Waals surface area contributed by atoms with E-state index < -0.39 is 6.09 Å². The molecule has 2 N–H and O–H groups in total. The van der Waals surface area contributed by atoms with Gasteiger partial charge in [-0.05, 0) is 56.9 Å². The zero-order chi connectivity index (χ0) is 21.3. The summed E-state index contributed by atoms with van der Waals surface area (Å²) in [7, 11) is 0. The Morgan fingerprint density at radius 3 is 2.53 bits per heavy atom. The Morgan fingerprint density at radius 2 is 1.90 bits per heavy atom. The van der Waals surface area contributed by atoms with E-state index in [0.717, 1.165) is 44.7 Å². The van der Waals surface area contributed by atoms with E-state index in [4.69, 9.17) is 5.11 Å². The number of carbonyl (C=O) groups is 2. The van der Waals surface area contributed by atoms with Crippen LogP contribution in [0.5, 0.6) is 0 Å². The maximum absolute atomic E-state index is 13.2. The Balaban J connectivity index is 1.26. The SMILES string of the molecule is C[C@@H]1CN(c2ccc(F)cc2)CCN1CC[C@H]1CC2(CCN(C(=O)O)CC2)C(=O)N1. The van der Waals surface area contributed by atoms with Crippen molar-refractivity contribution in [1.29, 1.82) is 0 Å². The number of carbonyl (C=O) groups excluding carboxylic acids is 1. The molecule has 2 amide bonds. The molecule has 3 aliphatic rings. The van der Waals surface area contributed by atoms with E-state index in [9.17, 15) is 14.0 Å². The third-order valence-electron chi connectivity index (χ3n) is 7.17. The van der Waals surface area contributed by atoms with Gasteiger partial charge in [-0.15, -0.1) is 0 Å². The Labute approximate surface area is 176 Å². The van der Waals surface area contributed by atoms with E-state index in [-0.39, 0.29) is 23.2 Å². The molecule has 3 heterocycles. The molecule has 30 heavy (non-hydrogen) atoms. The largest absolute Gasteiger partial charge is 0.465 e. The summed E-state index contributed by atoms with van der Waals surface area (Å²) >= 11 is 0. The highest BCUT2D eigenvalue weighted by Gasteiger charge is 2.48. The Hall–Kier alpha value is -2.35. The van der Waals surface area contributed by atoms with Gasteiger partial charge in [0, 0.05) is 57.0 Å². The zero-order valence-electron chi connectivity index (χ0n) is 17.5. The average molecular weight is 419 g/mol. The van der Waals surface area contributed by atoms with Gasteiger partial charge in [-0.1, -0.05) is 0 Å². The number of nitrogens with one attached hydrogen (secondary N) is 1. The Bertz CT molecular complexity index is 779. The van der Waals surface area contributed by atoms with Crippen molar-refractivity contribution in [2.75, 3.05) is 44.2 Å². The minimum absolute atomic E-state index is 0.103. The fraction of sp³-hybridized carbons (Fsp3) is 0.636. The Kier molecular flexibility index (Phi) is 5.86. The number of nitrogens with zero attached hydrogens (tertiary/aromatic N) is 3. The topological polar surface area (TPSA) is 76.1 Å². The van der Waals surface area contributed by atoms with Crippen molar-refractivity contribution in [2.24, 2.45) is 5.41 Å². The van der Waals surface area contributed by atoms with Crippen molar-refractivity contribution < 1.29 is 19.1 Å². The third kappa shape index (κ3) is 4.24. The van der Waals surface area contributed by atoms with E-state index >= 15 is 0 Å². The molecule has 3 aliphatic heterocycles. The molecule has 164 valence electrons. The molecule has 0 bridgehead atoms. The second-order valence-corrected chi connectivity index (χ2v) is 9.02. The van der Waals surface area contributed by atoms with Crippen molar-refractivity contribution in [3.05, 3.63) is 30.1 Å². The van der Waals surface area contributed by atoms with Crippen LogP contribution in [0, 0.1) is 11.2 Å². The van der Waals surface area contributed by atoms with Gasteiger partial charge in [-0.3, -0.25) is 9.69 Å². The smallest absolute Gasteiger partial charge is 0.407 e. The van der Waals surface area contributed by atoms with Gasteiger partial charge in [0.1, 0.15) is 5.82 Å². The molecule has 7 nitrogen and oxygen atoms in total. The second kappa shape index (κ2) is 8.41. The standard InChI is InChI=1S/C22H31FN4O3/c1-16-15-27(19-4-2-17(23)3-5-19)13-12-25(16)9-6-18-14-22(20(28)24-18)7-10-26(11-8-22)21(29)30/h2-5,16,18H,6-15H2,1H3,(H,24,28)(H,29,30)/t16-,18+/m1/s1. The highest BCUT2D eigenvalue weighted by Crippen LogP contribution is 2.41. The van der Waals surface area contributed by atoms with Crippen LogP contribution in [0.25, 0.3) is 0 Å². The number of rotatable bonds is 4. The van der Waals surface area contributed by atoms with Crippen LogP contribution in [0.2, 0.25) is 0 Å². The number of piperazine rings is 1. The van der Waals surface area contributed by atoms with Crippen LogP contribution >= 0.6 is 0 Å². The molecule has 2 atom stereocenters. The lowest BCUT2D eigenvalue weighted by Gasteiger charge is -2.41. The van der Waals surface area contributed by atoms with E-state index in [1.807, 2.05) is 12.1 Å². The first-order chi connectivity index (χ1) is 14.4. The van der Waals surface area contributed by atoms with Crippen LogP contribution in [0.4, 0.5) is 14.9 Å². The van der Waals surface area contributed by atoms with Crippen LogP contribution in [0.3, 0.4) is 0 Å². The predicted molar refractivity (Wildman–Crippen MR) is 112 cm³/mol. The summed E-state index contributed by atoms with van der Waals surface area (Å²) in [6, 6.07) is 7.23. The molecule has 1 aromatic rings. The quantitative estimate of drug-likeness (QED) is 0.785. The minimum Gasteiger partial charge on any atom is -0.465 e. The van der Waals surface area contributed by atoms with Gasteiger partial charge in [0.2, 0.25) is 5.91 Å². The summed E-state index contributed by atoms with van der Waals surface area (Å²) in [5, 5.41) is 12.3. The van der Waals surface area contributed by atoms with Gasteiger partial charge in [-0.2, -0.15) is 0 Å². The lowest BCUT2D eigenvalue weighted by atomic mass is 9.76. The third-order valence-corrected chi connectivity index (χ3v) is 7.17. The van der Waals surface area contributed by atoms with E-state index in [0.29, 0.717) is 32.0 Å². The summed E-state index contributed by atoms with van der Waals surface area (Å²) < 4.78 is 13.2. The fourth-order valence-corrected chi connectivity index (χ4v) is 5.22. The van der Waals surface area contributed by atoms with Gasteiger partial charge in [0.25, 0.3) is 0 Å². The molecule has 0 aliphatic carbocycles. The highest BCUT2D eigenvalue weighted by molar-refractivity contribution is 5.85. The summed E-state index contributed by atoms with van der Waals surface area (Å²) in [5.74, 6) is -0.109. The molecule has 0 radical (unpaired) electrons. The fourth-order valence-electron chi connectivity index (χ4n) is 5.22. The van der Waals surface area contributed by atoms with Gasteiger partial charge < -0.3 is 20.2 Å². The first-order valence-corrected chi connectivity index (χ1v) is 10.9. The van der Waals surface area contributed by atoms with Gasteiger partial charge >= 0.3 is 6.09 Å². The van der Waals surface area contributed by atoms with Crippen LogP contribution < -0.4 is 10.2 Å². The molecule has 0 unspecified atom stereocenters. The molecule has 4 rings (SSSR count). The maximum Gasteiger partial charge on any atom is 0.407 e. The average Bonchev–Trinajstić information content (AvgIpc) is 3.03. The summed E-state index contributed by atoms with van der Waals surface area (Å²) in [5.41, 5.74) is 0.671. The van der Waals surface area contributed by atoms with E-state index in [2.05, 4.69) is 22.0 Å². The van der Waals surface area contributed by atoms with Crippen molar-refractivity contribution in [1.82, 2.24) is 15.1 Å². The number of hydrogen-bond acceptors (Lipinski definition) is 4. The van der Waals surface area contributed by atoms with Crippen LogP contribution in [0.1, 0.15) is 32.6 Å². The maximum atomic E-state index is 13.2. The molecule has 3 fully saturated rings. The number of amides is 2. The van der Waals surface area contributed by atoms with E-state index in [1.165, 1.54) is 17.0 Å². The van der Waals surface area contributed by atoms with E-state index in [1.54, 1.807) is 0 Å². The molecule has 0 aromatic heterocycles. The lowest BCUT2D eigenvalue weighted by molar-refractivity contribution is -0.129. The first-order valence-electron chi connectivity index (χ1n) is 10.9.